The molecule has 3 aromatic rings. The van der Waals surface area contributed by atoms with Crippen molar-refractivity contribution in [2.45, 2.75) is 19.4 Å². The Morgan fingerprint density at radius 3 is 2.63 bits per heavy atom. The van der Waals surface area contributed by atoms with Crippen molar-refractivity contribution in [1.82, 2.24) is 5.01 Å². The fraction of sp³-hybridized carbons (Fsp3) is 0.150. The van der Waals surface area contributed by atoms with Crippen molar-refractivity contribution in [2.75, 3.05) is 5.32 Å². The normalized spacial score (nSPS) is 16.3. The zero-order chi connectivity index (χ0) is 18.8. The maximum Gasteiger partial charge on any atom is 0.310 e. The van der Waals surface area contributed by atoms with Crippen molar-refractivity contribution in [3.05, 3.63) is 78.1 Å². The molecule has 136 valence electrons. The smallest absolute Gasteiger partial charge is 0.310 e. The Morgan fingerprint density at radius 2 is 1.93 bits per heavy atom. The number of carbonyl (C=O) groups excluding carboxylic acids is 2. The first-order valence-corrected chi connectivity index (χ1v) is 8.48. The maximum absolute atomic E-state index is 12.8. The summed E-state index contributed by atoms with van der Waals surface area (Å²) < 4.78 is 10.8. The van der Waals surface area contributed by atoms with Crippen LogP contribution in [0.3, 0.4) is 0 Å². The fourth-order valence-corrected chi connectivity index (χ4v) is 3.07. The number of amides is 2. The first-order chi connectivity index (χ1) is 13.1. The first kappa shape index (κ1) is 16.8. The van der Waals surface area contributed by atoms with Crippen molar-refractivity contribution in [2.24, 2.45) is 5.10 Å². The summed E-state index contributed by atoms with van der Waals surface area (Å²) in [6, 6.07) is 13.9. The minimum atomic E-state index is -0.364. The van der Waals surface area contributed by atoms with Gasteiger partial charge in [0.1, 0.15) is 11.8 Å². The van der Waals surface area contributed by atoms with E-state index in [1.807, 2.05) is 24.3 Å². The summed E-state index contributed by atoms with van der Waals surface area (Å²) in [5.41, 5.74) is 2.23. The molecule has 0 bridgehead atoms. The van der Waals surface area contributed by atoms with Crippen molar-refractivity contribution < 1.29 is 18.4 Å². The summed E-state index contributed by atoms with van der Waals surface area (Å²) in [6.45, 7) is 1.45. The highest BCUT2D eigenvalue weighted by molar-refractivity contribution is 6.05. The lowest BCUT2D eigenvalue weighted by Crippen LogP contribution is -2.26. The molecular weight excluding hydrogens is 346 g/mol. The molecule has 27 heavy (non-hydrogen) atoms. The van der Waals surface area contributed by atoms with E-state index in [4.69, 9.17) is 8.83 Å². The van der Waals surface area contributed by atoms with Crippen LogP contribution in [0.2, 0.25) is 0 Å². The van der Waals surface area contributed by atoms with Gasteiger partial charge in [0, 0.05) is 19.0 Å². The molecule has 1 aliphatic rings. The Bertz CT molecular complexity index is 990. The number of nitrogens with zero attached hydrogens (tertiary/aromatic N) is 2. The number of furan rings is 2. The predicted octanol–water partition coefficient (Wildman–Crippen LogP) is 3.82. The van der Waals surface area contributed by atoms with E-state index in [9.17, 15) is 9.59 Å². The molecule has 0 saturated carbocycles. The number of hydrazone groups is 1. The van der Waals surface area contributed by atoms with Gasteiger partial charge < -0.3 is 14.2 Å². The molecule has 7 heteroatoms. The second-order valence-corrected chi connectivity index (χ2v) is 6.17. The Labute approximate surface area is 155 Å². The number of rotatable bonds is 4. The monoisotopic (exact) mass is 363 g/mol. The van der Waals surface area contributed by atoms with Crippen molar-refractivity contribution in [3.63, 3.8) is 0 Å². The molecule has 1 N–H and O–H groups in total. The Kier molecular flexibility index (Phi) is 4.33. The molecule has 2 aromatic heterocycles. The highest BCUT2D eigenvalue weighted by Crippen LogP contribution is 2.34. The third-order valence-corrected chi connectivity index (χ3v) is 4.24. The standard InChI is InChI=1S/C20H17N3O4/c1-13(24)21-15-6-2-5-14(11-15)16-12-17(18-7-3-9-26-18)23(22-16)20(25)19-8-4-10-27-19/h2-11,17H,12H2,1H3,(H,21,24)/t17-/m0/s1. The predicted molar refractivity (Wildman–Crippen MR) is 98.2 cm³/mol. The molecule has 3 heterocycles. The molecule has 4 rings (SSSR count). The van der Waals surface area contributed by atoms with E-state index in [0.29, 0.717) is 17.9 Å². The largest absolute Gasteiger partial charge is 0.467 e. The van der Waals surface area contributed by atoms with E-state index in [-0.39, 0.29) is 23.6 Å². The Hall–Kier alpha value is -3.61. The van der Waals surface area contributed by atoms with Crippen LogP contribution in [0.5, 0.6) is 0 Å². The third-order valence-electron chi connectivity index (χ3n) is 4.24. The lowest BCUT2D eigenvalue weighted by molar-refractivity contribution is -0.114. The van der Waals surface area contributed by atoms with E-state index in [1.54, 1.807) is 30.5 Å². The summed E-state index contributed by atoms with van der Waals surface area (Å²) in [5, 5.41) is 8.68. The molecule has 0 unspecified atom stereocenters. The average molecular weight is 363 g/mol. The van der Waals surface area contributed by atoms with Gasteiger partial charge in [-0.2, -0.15) is 5.10 Å². The highest BCUT2D eigenvalue weighted by atomic mass is 16.3. The van der Waals surface area contributed by atoms with Crippen LogP contribution in [0.25, 0.3) is 0 Å². The lowest BCUT2D eigenvalue weighted by Gasteiger charge is -2.18. The van der Waals surface area contributed by atoms with E-state index in [0.717, 1.165) is 11.3 Å². The summed E-state index contributed by atoms with van der Waals surface area (Å²) in [4.78, 5) is 24.1. The van der Waals surface area contributed by atoms with Gasteiger partial charge in [0.2, 0.25) is 5.91 Å². The molecule has 0 aliphatic carbocycles. The van der Waals surface area contributed by atoms with Gasteiger partial charge in [-0.25, -0.2) is 5.01 Å². The second kappa shape index (κ2) is 6.95. The Morgan fingerprint density at radius 1 is 1.11 bits per heavy atom. The van der Waals surface area contributed by atoms with Gasteiger partial charge >= 0.3 is 5.91 Å². The zero-order valence-electron chi connectivity index (χ0n) is 14.6. The lowest BCUT2D eigenvalue weighted by atomic mass is 10.0. The van der Waals surface area contributed by atoms with Crippen LogP contribution in [-0.4, -0.2) is 22.5 Å². The number of benzene rings is 1. The van der Waals surface area contributed by atoms with E-state index in [2.05, 4.69) is 10.4 Å². The number of carbonyl (C=O) groups is 2. The van der Waals surface area contributed by atoms with Crippen molar-refractivity contribution in [3.8, 4) is 0 Å². The van der Waals surface area contributed by atoms with Crippen LogP contribution in [0, 0.1) is 0 Å². The number of hydrogen-bond acceptors (Lipinski definition) is 5. The molecule has 0 radical (unpaired) electrons. The second-order valence-electron chi connectivity index (χ2n) is 6.17. The number of anilines is 1. The van der Waals surface area contributed by atoms with Gasteiger partial charge in [-0.3, -0.25) is 9.59 Å². The summed E-state index contributed by atoms with van der Waals surface area (Å²) in [7, 11) is 0. The van der Waals surface area contributed by atoms with Gasteiger partial charge in [-0.15, -0.1) is 0 Å². The van der Waals surface area contributed by atoms with Gasteiger partial charge in [-0.1, -0.05) is 12.1 Å². The zero-order valence-corrected chi connectivity index (χ0v) is 14.6. The van der Waals surface area contributed by atoms with Gasteiger partial charge in [0.15, 0.2) is 5.76 Å². The van der Waals surface area contributed by atoms with Gasteiger partial charge in [0.25, 0.3) is 0 Å². The topological polar surface area (TPSA) is 88.0 Å². The molecule has 1 aliphatic heterocycles. The molecule has 1 aromatic carbocycles. The molecule has 7 nitrogen and oxygen atoms in total. The molecular formula is C20H17N3O4. The van der Waals surface area contributed by atoms with Gasteiger partial charge in [0.05, 0.1) is 18.2 Å². The summed E-state index contributed by atoms with van der Waals surface area (Å²) in [5.74, 6) is 0.369. The minimum absolute atomic E-state index is 0.149. The van der Waals surface area contributed by atoms with Crippen LogP contribution in [0.1, 0.15) is 41.3 Å². The van der Waals surface area contributed by atoms with Crippen molar-refractivity contribution >= 4 is 23.2 Å². The first-order valence-electron chi connectivity index (χ1n) is 8.48. The van der Waals surface area contributed by atoms with Crippen molar-refractivity contribution in [1.29, 1.82) is 0 Å². The fourth-order valence-electron chi connectivity index (χ4n) is 3.07. The highest BCUT2D eigenvalue weighted by Gasteiger charge is 2.36. The molecule has 2 amide bonds. The molecule has 0 saturated heterocycles. The van der Waals surface area contributed by atoms with E-state index >= 15 is 0 Å². The van der Waals surface area contributed by atoms with E-state index in [1.165, 1.54) is 18.2 Å². The van der Waals surface area contributed by atoms with Gasteiger partial charge in [-0.05, 0) is 42.0 Å². The molecule has 0 spiro atoms. The SMILES string of the molecule is CC(=O)Nc1cccc(C2=NN(C(=O)c3ccco3)[C@H](c3ccco3)C2)c1. The van der Waals surface area contributed by atoms with Crippen LogP contribution < -0.4 is 5.32 Å². The van der Waals surface area contributed by atoms with Crippen LogP contribution in [0.4, 0.5) is 5.69 Å². The number of nitrogens with one attached hydrogen (secondary N) is 1. The summed E-state index contributed by atoms with van der Waals surface area (Å²) >= 11 is 0. The number of hydrogen-bond donors (Lipinski definition) is 1. The van der Waals surface area contributed by atoms with Crippen LogP contribution in [-0.2, 0) is 4.79 Å². The van der Waals surface area contributed by atoms with Crippen LogP contribution in [0.15, 0.2) is 75.0 Å². The summed E-state index contributed by atoms with van der Waals surface area (Å²) in [6.07, 6.45) is 3.51. The quantitative estimate of drug-likeness (QED) is 0.763. The van der Waals surface area contributed by atoms with Crippen LogP contribution >= 0.6 is 0 Å². The third kappa shape index (κ3) is 3.39. The molecule has 1 atom stereocenters. The molecule has 0 fully saturated rings. The maximum atomic E-state index is 12.8. The minimum Gasteiger partial charge on any atom is -0.467 e. The Balaban J connectivity index is 1.68. The van der Waals surface area contributed by atoms with E-state index < -0.39 is 0 Å². The average Bonchev–Trinajstić information content (AvgIpc) is 3.41.